The largest absolute Gasteiger partial charge is 0.478 e. The van der Waals surface area contributed by atoms with Crippen LogP contribution < -0.4 is 0 Å². The molecule has 0 unspecified atom stereocenters. The molecule has 0 bridgehead atoms. The molecule has 0 saturated carbocycles. The van der Waals surface area contributed by atoms with Crippen molar-refractivity contribution in [3.8, 4) is 0 Å². The Labute approximate surface area is 116 Å². The molecular weight excluding hydrogens is 288 g/mol. The number of carboxylic acid groups (broad SMARTS) is 1. The quantitative estimate of drug-likeness (QED) is 0.798. The first-order valence-corrected chi connectivity index (χ1v) is 7.63. The van der Waals surface area contributed by atoms with Gasteiger partial charge in [-0.05, 0) is 23.1 Å². The molecule has 0 aliphatic carbocycles. The van der Waals surface area contributed by atoms with Crippen LogP contribution in [0.3, 0.4) is 0 Å². The number of thiophene rings is 1. The minimum absolute atomic E-state index is 0.256. The van der Waals surface area contributed by atoms with E-state index in [0.717, 1.165) is 20.8 Å². The number of rotatable bonds is 6. The molecule has 0 spiro atoms. The van der Waals surface area contributed by atoms with Crippen molar-refractivity contribution >= 4 is 33.6 Å². The van der Waals surface area contributed by atoms with Crippen LogP contribution in [-0.4, -0.2) is 49.2 Å². The van der Waals surface area contributed by atoms with E-state index in [1.807, 2.05) is 0 Å². The molecule has 0 fully saturated rings. The standard InChI is InChI=1S/C11H16N2O4S2/c1-12(2)19(16,17)13(3)7-10-6-9(8-18-10)4-5-11(14)15/h4-6,8H,7H2,1-3H3,(H,14,15). The average molecular weight is 304 g/mol. The summed E-state index contributed by atoms with van der Waals surface area (Å²) in [7, 11) is 1.02. The van der Waals surface area contributed by atoms with E-state index in [2.05, 4.69) is 0 Å². The molecule has 0 amide bonds. The van der Waals surface area contributed by atoms with E-state index in [4.69, 9.17) is 5.11 Å². The first kappa shape index (κ1) is 15.8. The van der Waals surface area contributed by atoms with Gasteiger partial charge >= 0.3 is 5.97 Å². The fourth-order valence-corrected chi connectivity index (χ4v) is 3.16. The second kappa shape index (κ2) is 6.29. The molecule has 1 aromatic heterocycles. The molecule has 19 heavy (non-hydrogen) atoms. The lowest BCUT2D eigenvalue weighted by molar-refractivity contribution is -0.131. The molecule has 106 valence electrons. The van der Waals surface area contributed by atoms with Crippen molar-refractivity contribution in [1.29, 1.82) is 0 Å². The van der Waals surface area contributed by atoms with Crippen LogP contribution >= 0.6 is 11.3 Å². The summed E-state index contributed by atoms with van der Waals surface area (Å²) in [6, 6.07) is 1.77. The molecule has 1 aromatic rings. The van der Waals surface area contributed by atoms with Crippen molar-refractivity contribution in [3.05, 3.63) is 28.0 Å². The Balaban J connectivity index is 2.77. The molecule has 8 heteroatoms. The summed E-state index contributed by atoms with van der Waals surface area (Å²) in [6.45, 7) is 0.256. The summed E-state index contributed by atoms with van der Waals surface area (Å²) in [6.07, 6.45) is 2.52. The van der Waals surface area contributed by atoms with Gasteiger partial charge in [0.1, 0.15) is 0 Å². The third-order valence-electron chi connectivity index (χ3n) is 2.33. The predicted octanol–water partition coefficient (Wildman–Crippen LogP) is 1.08. The highest BCUT2D eigenvalue weighted by Gasteiger charge is 2.20. The van der Waals surface area contributed by atoms with E-state index < -0.39 is 16.2 Å². The first-order valence-electron chi connectivity index (χ1n) is 5.35. The second-order valence-corrected chi connectivity index (χ2v) is 7.31. The third-order valence-corrected chi connectivity index (χ3v) is 5.11. The lowest BCUT2D eigenvalue weighted by Gasteiger charge is -2.20. The zero-order valence-electron chi connectivity index (χ0n) is 10.9. The van der Waals surface area contributed by atoms with Crippen LogP contribution in [0.1, 0.15) is 10.4 Å². The van der Waals surface area contributed by atoms with E-state index in [0.29, 0.717) is 0 Å². The number of nitrogens with zero attached hydrogens (tertiary/aromatic N) is 2. The van der Waals surface area contributed by atoms with Gasteiger partial charge in [0.05, 0.1) is 0 Å². The average Bonchev–Trinajstić information content (AvgIpc) is 2.73. The SMILES string of the molecule is CN(C)S(=O)(=O)N(C)Cc1cc(C=CC(=O)O)cs1. The Morgan fingerprint density at radius 3 is 2.58 bits per heavy atom. The predicted molar refractivity (Wildman–Crippen MR) is 75.1 cm³/mol. The van der Waals surface area contributed by atoms with Crippen molar-refractivity contribution in [2.45, 2.75) is 6.54 Å². The summed E-state index contributed by atoms with van der Waals surface area (Å²) in [5.74, 6) is -1.01. The Morgan fingerprint density at radius 1 is 1.42 bits per heavy atom. The molecule has 0 saturated heterocycles. The van der Waals surface area contributed by atoms with Gasteiger partial charge in [0.2, 0.25) is 0 Å². The van der Waals surface area contributed by atoms with Crippen LogP contribution in [0.25, 0.3) is 6.08 Å². The van der Waals surface area contributed by atoms with Gasteiger partial charge in [0.25, 0.3) is 10.2 Å². The van der Waals surface area contributed by atoms with Crippen molar-refractivity contribution in [2.24, 2.45) is 0 Å². The molecule has 0 aliphatic rings. The smallest absolute Gasteiger partial charge is 0.328 e. The van der Waals surface area contributed by atoms with Gasteiger partial charge in [0.15, 0.2) is 0 Å². The van der Waals surface area contributed by atoms with Gasteiger partial charge in [-0.25, -0.2) is 4.79 Å². The molecule has 0 atom stereocenters. The maximum Gasteiger partial charge on any atom is 0.328 e. The van der Waals surface area contributed by atoms with E-state index in [-0.39, 0.29) is 6.54 Å². The number of hydrogen-bond donors (Lipinski definition) is 1. The Hall–Kier alpha value is -1.22. The summed E-state index contributed by atoms with van der Waals surface area (Å²) >= 11 is 1.39. The molecule has 0 radical (unpaired) electrons. The van der Waals surface area contributed by atoms with Crippen LogP contribution in [0.15, 0.2) is 17.5 Å². The minimum Gasteiger partial charge on any atom is -0.478 e. The van der Waals surface area contributed by atoms with Gasteiger partial charge in [-0.3, -0.25) is 0 Å². The number of carboxylic acids is 1. The second-order valence-electron chi connectivity index (χ2n) is 4.06. The Bertz CT molecular complexity index is 575. The van der Waals surface area contributed by atoms with Gasteiger partial charge in [-0.2, -0.15) is 17.0 Å². The van der Waals surface area contributed by atoms with E-state index >= 15 is 0 Å². The zero-order chi connectivity index (χ0) is 14.6. The normalized spacial score (nSPS) is 12.7. The van der Waals surface area contributed by atoms with Gasteiger partial charge in [-0.15, -0.1) is 11.3 Å². The van der Waals surface area contributed by atoms with Gasteiger partial charge in [-0.1, -0.05) is 0 Å². The summed E-state index contributed by atoms with van der Waals surface area (Å²) in [5.41, 5.74) is 0.748. The zero-order valence-corrected chi connectivity index (χ0v) is 12.5. The van der Waals surface area contributed by atoms with Gasteiger partial charge < -0.3 is 5.11 Å². The first-order chi connectivity index (χ1) is 8.73. The molecule has 1 rings (SSSR count). The van der Waals surface area contributed by atoms with Crippen molar-refractivity contribution in [3.63, 3.8) is 0 Å². The van der Waals surface area contributed by atoms with Crippen LogP contribution in [0.5, 0.6) is 0 Å². The molecule has 1 heterocycles. The van der Waals surface area contributed by atoms with Crippen molar-refractivity contribution in [1.82, 2.24) is 8.61 Å². The summed E-state index contributed by atoms with van der Waals surface area (Å²) < 4.78 is 26.0. The molecule has 6 nitrogen and oxygen atoms in total. The van der Waals surface area contributed by atoms with Gasteiger partial charge in [0, 0.05) is 38.6 Å². The maximum atomic E-state index is 11.8. The lowest BCUT2D eigenvalue weighted by Crippen LogP contribution is -2.36. The lowest BCUT2D eigenvalue weighted by atomic mass is 10.3. The van der Waals surface area contributed by atoms with E-state index in [9.17, 15) is 13.2 Å². The molecular formula is C11H16N2O4S2. The van der Waals surface area contributed by atoms with Crippen LogP contribution in [0, 0.1) is 0 Å². The minimum atomic E-state index is -3.43. The maximum absolute atomic E-state index is 11.8. The molecule has 0 aliphatic heterocycles. The molecule has 0 aromatic carbocycles. The third kappa shape index (κ3) is 4.43. The van der Waals surface area contributed by atoms with Crippen LogP contribution in [0.4, 0.5) is 0 Å². The highest BCUT2D eigenvalue weighted by Crippen LogP contribution is 2.19. The number of aliphatic carboxylic acids is 1. The van der Waals surface area contributed by atoms with E-state index in [1.54, 1.807) is 11.4 Å². The van der Waals surface area contributed by atoms with E-state index in [1.165, 1.54) is 42.9 Å². The molecule has 1 N–H and O–H groups in total. The Morgan fingerprint density at radius 2 is 2.05 bits per heavy atom. The summed E-state index contributed by atoms with van der Waals surface area (Å²) in [5, 5.41) is 10.3. The van der Waals surface area contributed by atoms with Crippen molar-refractivity contribution in [2.75, 3.05) is 21.1 Å². The highest BCUT2D eigenvalue weighted by atomic mass is 32.2. The fourth-order valence-electron chi connectivity index (χ4n) is 1.32. The van der Waals surface area contributed by atoms with Crippen molar-refractivity contribution < 1.29 is 18.3 Å². The number of hydrogen-bond acceptors (Lipinski definition) is 4. The topological polar surface area (TPSA) is 77.9 Å². The fraction of sp³-hybridized carbons (Fsp3) is 0.364. The summed E-state index contributed by atoms with van der Waals surface area (Å²) in [4.78, 5) is 11.2. The monoisotopic (exact) mass is 304 g/mol. The van der Waals surface area contributed by atoms with Crippen LogP contribution in [0.2, 0.25) is 0 Å². The van der Waals surface area contributed by atoms with Crippen LogP contribution in [-0.2, 0) is 21.5 Å². The Kier molecular flexibility index (Phi) is 5.24. The number of carbonyl (C=O) groups is 1. The highest BCUT2D eigenvalue weighted by molar-refractivity contribution is 7.86.